The molecule has 3 nitrogen and oxygen atoms in total. The first-order valence-electron chi connectivity index (χ1n) is 5.94. The summed E-state index contributed by atoms with van der Waals surface area (Å²) in [4.78, 5) is 0. The van der Waals surface area contributed by atoms with Crippen molar-refractivity contribution in [2.24, 2.45) is 0 Å². The summed E-state index contributed by atoms with van der Waals surface area (Å²) in [5.41, 5.74) is 1.48. The fourth-order valence-electron chi connectivity index (χ4n) is 2.28. The molecule has 1 aromatic heterocycles. The number of aromatic nitrogens is 1. The molecule has 0 amide bonds. The zero-order valence-corrected chi connectivity index (χ0v) is 10.6. The van der Waals surface area contributed by atoms with Crippen molar-refractivity contribution >= 4 is 10.9 Å². The quantitative estimate of drug-likeness (QED) is 0.856. The van der Waals surface area contributed by atoms with E-state index in [1.807, 2.05) is 26.0 Å². The van der Waals surface area contributed by atoms with Crippen LogP contribution in [0.5, 0.6) is 5.75 Å². The van der Waals surface area contributed by atoms with Crippen LogP contribution in [0.2, 0.25) is 0 Å². The molecular weight excluding hydrogens is 214 g/mol. The van der Waals surface area contributed by atoms with Crippen molar-refractivity contribution in [3.05, 3.63) is 30.0 Å². The molecular formula is C14H19NO2. The summed E-state index contributed by atoms with van der Waals surface area (Å²) >= 11 is 0. The van der Waals surface area contributed by atoms with Gasteiger partial charge < -0.3 is 14.8 Å². The lowest BCUT2D eigenvalue weighted by atomic mass is 10.0. The Morgan fingerprint density at radius 3 is 2.53 bits per heavy atom. The van der Waals surface area contributed by atoms with Gasteiger partial charge in [0, 0.05) is 29.6 Å². The van der Waals surface area contributed by atoms with E-state index in [1.165, 1.54) is 0 Å². The van der Waals surface area contributed by atoms with Gasteiger partial charge in [0.05, 0.1) is 5.60 Å². The highest BCUT2D eigenvalue weighted by molar-refractivity contribution is 5.82. The van der Waals surface area contributed by atoms with Crippen LogP contribution in [0, 0.1) is 0 Å². The summed E-state index contributed by atoms with van der Waals surface area (Å²) in [7, 11) is 0. The van der Waals surface area contributed by atoms with Crippen LogP contribution in [0.1, 0.15) is 26.5 Å². The molecule has 0 bridgehead atoms. The molecule has 0 aliphatic heterocycles. The Labute approximate surface area is 101 Å². The van der Waals surface area contributed by atoms with E-state index in [0.29, 0.717) is 6.42 Å². The molecule has 1 aromatic carbocycles. The van der Waals surface area contributed by atoms with E-state index in [-0.39, 0.29) is 5.75 Å². The standard InChI is InChI=1S/C14H19NO2/c1-4-15-11(9-14(2,3)17)7-10-8-12(16)5-6-13(10)15/h5-8,16-17H,4,9H2,1-3H3. The third-order valence-electron chi connectivity index (χ3n) is 2.90. The van der Waals surface area contributed by atoms with Crippen LogP contribution in [0.25, 0.3) is 10.9 Å². The molecule has 0 saturated heterocycles. The molecule has 17 heavy (non-hydrogen) atoms. The number of phenolic OH excluding ortho intramolecular Hbond substituents is 1. The van der Waals surface area contributed by atoms with Crippen LogP contribution in [-0.2, 0) is 13.0 Å². The molecule has 0 spiro atoms. The number of hydrogen-bond acceptors (Lipinski definition) is 2. The third kappa shape index (κ3) is 2.44. The van der Waals surface area contributed by atoms with Gasteiger partial charge in [-0.2, -0.15) is 0 Å². The first-order valence-corrected chi connectivity index (χ1v) is 5.94. The molecule has 0 saturated carbocycles. The van der Waals surface area contributed by atoms with Gasteiger partial charge in [0.2, 0.25) is 0 Å². The second kappa shape index (κ2) is 4.08. The van der Waals surface area contributed by atoms with Crippen molar-refractivity contribution < 1.29 is 10.2 Å². The van der Waals surface area contributed by atoms with Crippen molar-refractivity contribution in [3.8, 4) is 5.75 Å². The predicted molar refractivity (Wildman–Crippen MR) is 69.3 cm³/mol. The molecule has 2 N–H and O–H groups in total. The van der Waals surface area contributed by atoms with Gasteiger partial charge in [0.1, 0.15) is 5.75 Å². The zero-order chi connectivity index (χ0) is 12.6. The summed E-state index contributed by atoms with van der Waals surface area (Å²) in [6, 6.07) is 7.41. The molecule has 0 atom stereocenters. The van der Waals surface area contributed by atoms with Crippen molar-refractivity contribution in [1.29, 1.82) is 0 Å². The summed E-state index contributed by atoms with van der Waals surface area (Å²) < 4.78 is 2.17. The summed E-state index contributed by atoms with van der Waals surface area (Å²) in [6.07, 6.45) is 0.607. The topological polar surface area (TPSA) is 45.4 Å². The number of nitrogens with zero attached hydrogens (tertiary/aromatic N) is 1. The van der Waals surface area contributed by atoms with Crippen LogP contribution >= 0.6 is 0 Å². The number of benzene rings is 1. The van der Waals surface area contributed by atoms with E-state index in [9.17, 15) is 10.2 Å². The van der Waals surface area contributed by atoms with E-state index in [1.54, 1.807) is 12.1 Å². The summed E-state index contributed by atoms with van der Waals surface area (Å²) in [5.74, 6) is 0.278. The van der Waals surface area contributed by atoms with E-state index in [0.717, 1.165) is 23.1 Å². The smallest absolute Gasteiger partial charge is 0.116 e. The Morgan fingerprint density at radius 2 is 1.94 bits per heavy atom. The molecule has 0 fully saturated rings. The zero-order valence-electron chi connectivity index (χ0n) is 10.6. The molecule has 0 unspecified atom stereocenters. The van der Waals surface area contributed by atoms with Gasteiger partial charge in [-0.25, -0.2) is 0 Å². The van der Waals surface area contributed by atoms with Crippen molar-refractivity contribution in [2.75, 3.05) is 0 Å². The van der Waals surface area contributed by atoms with Gasteiger partial charge in [-0.15, -0.1) is 0 Å². The van der Waals surface area contributed by atoms with Gasteiger partial charge in [0.25, 0.3) is 0 Å². The number of hydrogen-bond donors (Lipinski definition) is 2. The third-order valence-corrected chi connectivity index (χ3v) is 2.90. The van der Waals surface area contributed by atoms with Crippen molar-refractivity contribution in [3.63, 3.8) is 0 Å². The maximum atomic E-state index is 9.91. The lowest BCUT2D eigenvalue weighted by molar-refractivity contribution is 0.0791. The largest absolute Gasteiger partial charge is 0.508 e. The van der Waals surface area contributed by atoms with Crippen LogP contribution in [-0.4, -0.2) is 20.4 Å². The Hall–Kier alpha value is -1.48. The molecule has 0 aliphatic rings. The fraction of sp³-hybridized carbons (Fsp3) is 0.429. The molecule has 0 aliphatic carbocycles. The molecule has 0 radical (unpaired) electrons. The average Bonchev–Trinajstić information content (AvgIpc) is 2.51. The maximum absolute atomic E-state index is 9.91. The Kier molecular flexibility index (Phi) is 2.87. The predicted octanol–water partition coefficient (Wildman–Crippen LogP) is 2.68. The number of aliphatic hydroxyl groups is 1. The van der Waals surface area contributed by atoms with Gasteiger partial charge in [0.15, 0.2) is 0 Å². The Bertz CT molecular complexity index is 535. The van der Waals surface area contributed by atoms with Crippen molar-refractivity contribution in [2.45, 2.75) is 39.3 Å². The summed E-state index contributed by atoms with van der Waals surface area (Å²) in [5, 5.41) is 20.4. The number of aromatic hydroxyl groups is 1. The van der Waals surface area contributed by atoms with Gasteiger partial charge in [-0.3, -0.25) is 0 Å². The van der Waals surface area contributed by atoms with Gasteiger partial charge in [-0.05, 0) is 45.0 Å². The van der Waals surface area contributed by atoms with E-state index in [2.05, 4.69) is 11.5 Å². The van der Waals surface area contributed by atoms with Crippen molar-refractivity contribution in [1.82, 2.24) is 4.57 Å². The van der Waals surface area contributed by atoms with Gasteiger partial charge in [-0.1, -0.05) is 0 Å². The molecule has 92 valence electrons. The van der Waals surface area contributed by atoms with Crippen LogP contribution < -0.4 is 0 Å². The van der Waals surface area contributed by atoms with Gasteiger partial charge >= 0.3 is 0 Å². The average molecular weight is 233 g/mol. The fourth-order valence-corrected chi connectivity index (χ4v) is 2.28. The monoisotopic (exact) mass is 233 g/mol. The molecule has 3 heteroatoms. The highest BCUT2D eigenvalue weighted by Crippen LogP contribution is 2.26. The van der Waals surface area contributed by atoms with Crippen LogP contribution in [0.3, 0.4) is 0 Å². The first-order chi connectivity index (χ1) is 7.90. The normalized spacial score (nSPS) is 12.2. The second-order valence-corrected chi connectivity index (χ2v) is 5.11. The van der Waals surface area contributed by atoms with E-state index in [4.69, 9.17) is 0 Å². The first kappa shape index (κ1) is 12.0. The Balaban J connectivity index is 2.55. The highest BCUT2D eigenvalue weighted by atomic mass is 16.3. The molecule has 2 aromatic rings. The molecule has 1 heterocycles. The highest BCUT2D eigenvalue weighted by Gasteiger charge is 2.17. The van der Waals surface area contributed by atoms with Crippen LogP contribution in [0.4, 0.5) is 0 Å². The minimum absolute atomic E-state index is 0.278. The minimum atomic E-state index is -0.719. The van der Waals surface area contributed by atoms with E-state index >= 15 is 0 Å². The number of rotatable bonds is 3. The minimum Gasteiger partial charge on any atom is -0.508 e. The van der Waals surface area contributed by atoms with E-state index < -0.39 is 5.60 Å². The molecule has 2 rings (SSSR count). The maximum Gasteiger partial charge on any atom is 0.116 e. The Morgan fingerprint density at radius 1 is 1.24 bits per heavy atom. The lowest BCUT2D eigenvalue weighted by Crippen LogP contribution is -2.23. The lowest BCUT2D eigenvalue weighted by Gasteiger charge is -2.18. The second-order valence-electron chi connectivity index (χ2n) is 5.11. The summed E-state index contributed by atoms with van der Waals surface area (Å²) in [6.45, 7) is 6.56. The van der Waals surface area contributed by atoms with Crippen LogP contribution in [0.15, 0.2) is 24.3 Å². The number of phenols is 1. The number of aryl methyl sites for hydroxylation is 1. The SMILES string of the molecule is CCn1c(CC(C)(C)O)cc2cc(O)ccc21. The number of fused-ring (bicyclic) bond motifs is 1.